The molecule has 0 atom stereocenters. The fourth-order valence-corrected chi connectivity index (χ4v) is 1.85. The minimum Gasteiger partial charge on any atom is -0.492 e. The lowest BCUT2D eigenvalue weighted by atomic mass is 10.1. The Hall–Kier alpha value is -2.70. The highest BCUT2D eigenvalue weighted by molar-refractivity contribution is 5.87. The third kappa shape index (κ3) is 1.75. The van der Waals surface area contributed by atoms with Crippen molar-refractivity contribution < 1.29 is 28.6 Å². The molecule has 0 aliphatic carbocycles. The van der Waals surface area contributed by atoms with Crippen LogP contribution in [0.15, 0.2) is 22.7 Å². The predicted molar refractivity (Wildman–Crippen MR) is 61.6 cm³/mol. The number of carbonyl (C=O) groups is 1. The summed E-state index contributed by atoms with van der Waals surface area (Å²) in [6, 6.07) is 4.71. The van der Waals surface area contributed by atoms with Gasteiger partial charge < -0.3 is 23.8 Å². The van der Waals surface area contributed by atoms with E-state index >= 15 is 0 Å². The van der Waals surface area contributed by atoms with Crippen LogP contribution in [-0.2, 0) is 0 Å². The molecule has 1 aliphatic rings. The minimum atomic E-state index is -1.16. The van der Waals surface area contributed by atoms with Crippen molar-refractivity contribution in [2.45, 2.75) is 0 Å². The topological polar surface area (TPSA) is 91.0 Å². The van der Waals surface area contributed by atoms with Gasteiger partial charge >= 0.3 is 5.97 Å². The van der Waals surface area contributed by atoms with Crippen LogP contribution in [0.3, 0.4) is 0 Å². The Bertz CT molecular complexity index is 648. The summed E-state index contributed by atoms with van der Waals surface area (Å²) in [5.41, 5.74) is 0.376. The van der Waals surface area contributed by atoms with E-state index in [1.54, 1.807) is 12.1 Å². The van der Waals surface area contributed by atoms with E-state index in [1.165, 1.54) is 13.2 Å². The molecule has 0 saturated carbocycles. The molecule has 2 heterocycles. The zero-order valence-electron chi connectivity index (χ0n) is 9.87. The fourth-order valence-electron chi connectivity index (χ4n) is 1.85. The standard InChI is InChI=1S/C12H9NO6/c1-16-10-6(2-3-8-11(10)18-5-17-8)9-4-7(12(14)15)13-19-9/h2-4H,5H2,1H3,(H,14,15). The van der Waals surface area contributed by atoms with Crippen LogP contribution in [0.5, 0.6) is 17.2 Å². The van der Waals surface area contributed by atoms with Gasteiger partial charge in [-0.1, -0.05) is 5.16 Å². The number of methoxy groups -OCH3 is 1. The maximum Gasteiger partial charge on any atom is 0.358 e. The first-order valence-electron chi connectivity index (χ1n) is 5.37. The first-order chi connectivity index (χ1) is 9.20. The zero-order chi connectivity index (χ0) is 13.4. The number of carboxylic acid groups (broad SMARTS) is 1. The van der Waals surface area contributed by atoms with Crippen molar-refractivity contribution in [2.75, 3.05) is 13.9 Å². The lowest BCUT2D eigenvalue weighted by molar-refractivity contribution is 0.0686. The summed E-state index contributed by atoms with van der Waals surface area (Å²) in [5, 5.41) is 12.3. The van der Waals surface area contributed by atoms with Gasteiger partial charge in [0.2, 0.25) is 12.5 Å². The average Bonchev–Trinajstić information content (AvgIpc) is 3.05. The van der Waals surface area contributed by atoms with Gasteiger partial charge in [-0.3, -0.25) is 0 Å². The molecule has 0 spiro atoms. The molecule has 0 fully saturated rings. The molecule has 98 valence electrons. The first-order valence-corrected chi connectivity index (χ1v) is 5.37. The molecule has 2 aromatic rings. The Balaban J connectivity index is 2.11. The summed E-state index contributed by atoms with van der Waals surface area (Å²) in [6.45, 7) is 0.117. The van der Waals surface area contributed by atoms with Gasteiger partial charge in [-0.15, -0.1) is 0 Å². The molecule has 1 aromatic heterocycles. The summed E-state index contributed by atoms with van der Waals surface area (Å²) in [5.74, 6) is 0.581. The lowest BCUT2D eigenvalue weighted by Crippen LogP contribution is -1.95. The van der Waals surface area contributed by atoms with Crippen molar-refractivity contribution in [3.63, 3.8) is 0 Å². The van der Waals surface area contributed by atoms with E-state index in [2.05, 4.69) is 5.16 Å². The number of benzene rings is 1. The summed E-state index contributed by atoms with van der Waals surface area (Å²) in [6.07, 6.45) is 0. The summed E-state index contributed by atoms with van der Waals surface area (Å²) < 4.78 is 20.8. The van der Waals surface area contributed by atoms with Crippen LogP contribution in [0.25, 0.3) is 11.3 Å². The third-order valence-corrected chi connectivity index (χ3v) is 2.69. The molecule has 0 radical (unpaired) electrons. The van der Waals surface area contributed by atoms with Crippen molar-refractivity contribution in [1.82, 2.24) is 5.16 Å². The van der Waals surface area contributed by atoms with E-state index in [4.69, 9.17) is 23.8 Å². The lowest BCUT2D eigenvalue weighted by Gasteiger charge is -2.08. The monoisotopic (exact) mass is 263 g/mol. The highest BCUT2D eigenvalue weighted by Gasteiger charge is 2.24. The van der Waals surface area contributed by atoms with Crippen LogP contribution in [0.2, 0.25) is 0 Å². The van der Waals surface area contributed by atoms with Crippen molar-refractivity contribution >= 4 is 5.97 Å². The molecule has 1 aliphatic heterocycles. The van der Waals surface area contributed by atoms with E-state index in [-0.39, 0.29) is 18.2 Å². The Morgan fingerprint density at radius 2 is 2.26 bits per heavy atom. The summed E-state index contributed by atoms with van der Waals surface area (Å²) in [7, 11) is 1.48. The molecule has 7 heteroatoms. The van der Waals surface area contributed by atoms with E-state index in [1.807, 2.05) is 0 Å². The number of ether oxygens (including phenoxy) is 3. The highest BCUT2D eigenvalue weighted by atomic mass is 16.7. The zero-order valence-corrected chi connectivity index (χ0v) is 9.87. The molecule has 1 aromatic carbocycles. The average molecular weight is 263 g/mol. The highest BCUT2D eigenvalue weighted by Crippen LogP contribution is 2.46. The van der Waals surface area contributed by atoms with E-state index in [0.29, 0.717) is 22.8 Å². The molecule has 0 saturated heterocycles. The SMILES string of the molecule is COc1c(-c2cc(C(=O)O)no2)ccc2c1OCO2. The molecular formula is C12H9NO6. The second-order valence-corrected chi connectivity index (χ2v) is 3.76. The van der Waals surface area contributed by atoms with Crippen molar-refractivity contribution in [1.29, 1.82) is 0 Å². The molecule has 19 heavy (non-hydrogen) atoms. The molecule has 1 N–H and O–H groups in total. The molecule has 0 amide bonds. The second-order valence-electron chi connectivity index (χ2n) is 3.76. The molecule has 7 nitrogen and oxygen atoms in total. The Morgan fingerprint density at radius 1 is 1.42 bits per heavy atom. The van der Waals surface area contributed by atoms with Crippen LogP contribution in [0, 0.1) is 0 Å². The van der Waals surface area contributed by atoms with Crippen LogP contribution < -0.4 is 14.2 Å². The molecule has 0 bridgehead atoms. The van der Waals surface area contributed by atoms with Crippen molar-refractivity contribution in [2.24, 2.45) is 0 Å². The largest absolute Gasteiger partial charge is 0.492 e. The normalized spacial score (nSPS) is 12.5. The van der Waals surface area contributed by atoms with Gasteiger partial charge in [-0.05, 0) is 12.1 Å². The number of hydrogen-bond donors (Lipinski definition) is 1. The van der Waals surface area contributed by atoms with Gasteiger partial charge in [-0.25, -0.2) is 4.79 Å². The number of nitrogens with zero attached hydrogens (tertiary/aromatic N) is 1. The van der Waals surface area contributed by atoms with Gasteiger partial charge in [0, 0.05) is 6.07 Å². The van der Waals surface area contributed by atoms with Gasteiger partial charge in [0.1, 0.15) is 0 Å². The Kier molecular flexibility index (Phi) is 2.52. The number of fused-ring (bicyclic) bond motifs is 1. The van der Waals surface area contributed by atoms with E-state index in [9.17, 15) is 4.79 Å². The van der Waals surface area contributed by atoms with Crippen LogP contribution in [0.1, 0.15) is 10.5 Å². The minimum absolute atomic E-state index is 0.117. The maximum absolute atomic E-state index is 10.8. The smallest absolute Gasteiger partial charge is 0.358 e. The van der Waals surface area contributed by atoms with Gasteiger partial charge in [0.15, 0.2) is 23.0 Å². The quantitative estimate of drug-likeness (QED) is 0.902. The van der Waals surface area contributed by atoms with Gasteiger partial charge in [0.05, 0.1) is 12.7 Å². The van der Waals surface area contributed by atoms with Crippen LogP contribution in [-0.4, -0.2) is 30.1 Å². The number of rotatable bonds is 3. The van der Waals surface area contributed by atoms with E-state index < -0.39 is 5.97 Å². The Morgan fingerprint density at radius 3 is 2.95 bits per heavy atom. The van der Waals surface area contributed by atoms with E-state index in [0.717, 1.165) is 0 Å². The second kappa shape index (κ2) is 4.20. The van der Waals surface area contributed by atoms with Gasteiger partial charge in [0.25, 0.3) is 0 Å². The van der Waals surface area contributed by atoms with Crippen molar-refractivity contribution in [3.05, 3.63) is 23.9 Å². The first kappa shape index (κ1) is 11.4. The summed E-state index contributed by atoms with van der Waals surface area (Å²) >= 11 is 0. The molecule has 3 rings (SSSR count). The Labute approximate surface area is 107 Å². The van der Waals surface area contributed by atoms with Gasteiger partial charge in [-0.2, -0.15) is 0 Å². The summed E-state index contributed by atoms with van der Waals surface area (Å²) in [4.78, 5) is 10.8. The van der Waals surface area contributed by atoms with Crippen LogP contribution >= 0.6 is 0 Å². The number of aromatic carboxylic acids is 1. The molecular weight excluding hydrogens is 254 g/mol. The number of hydrogen-bond acceptors (Lipinski definition) is 6. The van der Waals surface area contributed by atoms with Crippen LogP contribution in [0.4, 0.5) is 0 Å². The van der Waals surface area contributed by atoms with Crippen molar-refractivity contribution in [3.8, 4) is 28.6 Å². The molecule has 0 unspecified atom stereocenters. The number of aromatic nitrogens is 1. The maximum atomic E-state index is 10.8. The number of carboxylic acids is 1. The fraction of sp³-hybridized carbons (Fsp3) is 0.167. The third-order valence-electron chi connectivity index (χ3n) is 2.69. The predicted octanol–water partition coefficient (Wildman–Crippen LogP) is 1.78.